The van der Waals surface area contributed by atoms with E-state index in [0.717, 1.165) is 6.42 Å². The molecule has 1 aromatic rings. The van der Waals surface area contributed by atoms with Crippen molar-refractivity contribution in [1.82, 2.24) is 0 Å². The van der Waals surface area contributed by atoms with E-state index in [1.807, 2.05) is 6.07 Å². The van der Waals surface area contributed by atoms with Gasteiger partial charge in [-0.05, 0) is 23.8 Å². The van der Waals surface area contributed by atoms with Crippen LogP contribution in [0.5, 0.6) is 0 Å². The van der Waals surface area contributed by atoms with E-state index < -0.39 is 0 Å². The molecule has 2 bridgehead atoms. The van der Waals surface area contributed by atoms with E-state index in [-0.39, 0.29) is 5.41 Å². The number of aldehydes is 1. The number of carbonyl (C=O) groups excluding carboxylic acids is 1. The van der Waals surface area contributed by atoms with Gasteiger partial charge in [-0.25, -0.2) is 0 Å². The number of fused-ring (bicyclic) bond motifs is 2. The van der Waals surface area contributed by atoms with Gasteiger partial charge >= 0.3 is 0 Å². The second-order valence-corrected chi connectivity index (χ2v) is 5.26. The second-order valence-electron chi connectivity index (χ2n) is 5.26. The smallest absolute Gasteiger partial charge is 0.127 e. The first-order chi connectivity index (χ1) is 7.75. The first-order valence-corrected chi connectivity index (χ1v) is 5.95. The van der Waals surface area contributed by atoms with Crippen LogP contribution in [0, 0.1) is 17.3 Å². The van der Waals surface area contributed by atoms with Gasteiger partial charge in [0.1, 0.15) is 6.29 Å². The predicted octanol–water partition coefficient (Wildman–Crippen LogP) is 3.18. The van der Waals surface area contributed by atoms with Gasteiger partial charge in [0.15, 0.2) is 0 Å². The summed E-state index contributed by atoms with van der Waals surface area (Å²) in [5.41, 5.74) is 1.12. The normalized spacial score (nSPS) is 40.2. The number of allylic oxidation sites excluding steroid dienone is 2. The van der Waals surface area contributed by atoms with E-state index in [9.17, 15) is 4.79 Å². The van der Waals surface area contributed by atoms with Crippen LogP contribution in [-0.4, -0.2) is 6.29 Å². The summed E-state index contributed by atoms with van der Waals surface area (Å²) in [7, 11) is 0. The van der Waals surface area contributed by atoms with Crippen molar-refractivity contribution in [3.05, 3.63) is 48.0 Å². The van der Waals surface area contributed by atoms with E-state index in [1.54, 1.807) is 0 Å². The molecule has 2 aliphatic rings. The van der Waals surface area contributed by atoms with Gasteiger partial charge in [-0.1, -0.05) is 49.4 Å². The third-order valence-electron chi connectivity index (χ3n) is 4.43. The molecule has 0 aliphatic heterocycles. The second kappa shape index (κ2) is 3.31. The Morgan fingerprint density at radius 3 is 2.69 bits per heavy atom. The standard InChI is InChI=1S/C15H16O/c1-15(10-16)13-8-7-12(9-13)14(15)11-5-3-2-4-6-11/h2-8,10,12-14H,9H2,1H3. The van der Waals surface area contributed by atoms with Crippen LogP contribution in [0.1, 0.15) is 24.8 Å². The maximum atomic E-state index is 11.5. The molecule has 0 heterocycles. The van der Waals surface area contributed by atoms with Gasteiger partial charge in [0, 0.05) is 11.3 Å². The van der Waals surface area contributed by atoms with Gasteiger partial charge in [0.05, 0.1) is 0 Å². The molecule has 4 unspecified atom stereocenters. The lowest BCUT2D eigenvalue weighted by molar-refractivity contribution is -0.117. The molecule has 16 heavy (non-hydrogen) atoms. The van der Waals surface area contributed by atoms with Crippen molar-refractivity contribution in [2.24, 2.45) is 17.3 Å². The van der Waals surface area contributed by atoms with Crippen molar-refractivity contribution in [2.45, 2.75) is 19.3 Å². The number of rotatable bonds is 2. The monoisotopic (exact) mass is 212 g/mol. The molecule has 1 saturated carbocycles. The maximum Gasteiger partial charge on any atom is 0.127 e. The first-order valence-electron chi connectivity index (χ1n) is 5.95. The Labute approximate surface area is 96.2 Å². The zero-order valence-corrected chi connectivity index (χ0v) is 9.47. The zero-order valence-electron chi connectivity index (χ0n) is 9.47. The van der Waals surface area contributed by atoms with Gasteiger partial charge in [0.25, 0.3) is 0 Å². The predicted molar refractivity (Wildman–Crippen MR) is 64.1 cm³/mol. The number of hydrogen-bond acceptors (Lipinski definition) is 1. The lowest BCUT2D eigenvalue weighted by atomic mass is 9.68. The highest BCUT2D eigenvalue weighted by molar-refractivity contribution is 5.65. The fraction of sp³-hybridized carbons (Fsp3) is 0.400. The summed E-state index contributed by atoms with van der Waals surface area (Å²) in [5, 5.41) is 0. The van der Waals surface area contributed by atoms with E-state index in [4.69, 9.17) is 0 Å². The minimum absolute atomic E-state index is 0.194. The van der Waals surface area contributed by atoms with Gasteiger partial charge < -0.3 is 4.79 Å². The van der Waals surface area contributed by atoms with Crippen LogP contribution in [0.2, 0.25) is 0 Å². The molecular formula is C15H16O. The molecule has 0 saturated heterocycles. The number of carbonyl (C=O) groups is 1. The molecule has 4 atom stereocenters. The summed E-state index contributed by atoms with van der Waals surface area (Å²) >= 11 is 0. The fourth-order valence-electron chi connectivity index (χ4n) is 3.55. The van der Waals surface area contributed by atoms with Crippen molar-refractivity contribution in [3.63, 3.8) is 0 Å². The SMILES string of the molecule is CC1(C=O)C2C=CC(C2)C1c1ccccc1. The summed E-state index contributed by atoms with van der Waals surface area (Å²) in [5.74, 6) is 1.38. The topological polar surface area (TPSA) is 17.1 Å². The molecule has 0 aromatic heterocycles. The van der Waals surface area contributed by atoms with E-state index in [0.29, 0.717) is 17.8 Å². The Morgan fingerprint density at radius 2 is 2.00 bits per heavy atom. The molecule has 3 rings (SSSR count). The Kier molecular flexibility index (Phi) is 2.03. The summed E-state index contributed by atoms with van der Waals surface area (Å²) in [4.78, 5) is 11.5. The Balaban J connectivity index is 2.07. The van der Waals surface area contributed by atoms with Crippen LogP contribution in [-0.2, 0) is 4.79 Å². The molecule has 0 amide bonds. The molecule has 2 aliphatic carbocycles. The van der Waals surface area contributed by atoms with Crippen LogP contribution in [0.4, 0.5) is 0 Å². The van der Waals surface area contributed by atoms with Gasteiger partial charge in [-0.2, -0.15) is 0 Å². The average Bonchev–Trinajstić information content (AvgIpc) is 2.89. The van der Waals surface area contributed by atoms with E-state index in [1.165, 1.54) is 11.8 Å². The molecule has 1 aromatic carbocycles. The lowest BCUT2D eigenvalue weighted by Crippen LogP contribution is -2.31. The third kappa shape index (κ3) is 1.14. The highest BCUT2D eigenvalue weighted by Gasteiger charge is 2.53. The molecule has 0 radical (unpaired) electrons. The number of benzene rings is 1. The lowest BCUT2D eigenvalue weighted by Gasteiger charge is -2.34. The summed E-state index contributed by atoms with van der Waals surface area (Å²) in [6.07, 6.45) is 6.86. The Morgan fingerprint density at radius 1 is 1.25 bits per heavy atom. The largest absolute Gasteiger partial charge is 0.303 e. The summed E-state index contributed by atoms with van der Waals surface area (Å²) in [6, 6.07) is 10.5. The van der Waals surface area contributed by atoms with Crippen LogP contribution in [0.15, 0.2) is 42.5 Å². The first kappa shape index (κ1) is 9.83. The molecule has 82 valence electrons. The van der Waals surface area contributed by atoms with Crippen molar-refractivity contribution in [3.8, 4) is 0 Å². The fourth-order valence-corrected chi connectivity index (χ4v) is 3.55. The van der Waals surface area contributed by atoms with Crippen LogP contribution in [0.3, 0.4) is 0 Å². The molecule has 1 nitrogen and oxygen atoms in total. The van der Waals surface area contributed by atoms with Gasteiger partial charge in [-0.15, -0.1) is 0 Å². The van der Waals surface area contributed by atoms with Crippen molar-refractivity contribution >= 4 is 6.29 Å². The molecule has 0 spiro atoms. The summed E-state index contributed by atoms with van der Waals surface area (Å²) < 4.78 is 0. The van der Waals surface area contributed by atoms with Crippen molar-refractivity contribution < 1.29 is 4.79 Å². The highest BCUT2D eigenvalue weighted by Crippen LogP contribution is 2.59. The van der Waals surface area contributed by atoms with E-state index in [2.05, 4.69) is 43.3 Å². The quantitative estimate of drug-likeness (QED) is 0.543. The Bertz CT molecular complexity index is 434. The highest BCUT2D eigenvalue weighted by atomic mass is 16.1. The third-order valence-corrected chi connectivity index (χ3v) is 4.43. The van der Waals surface area contributed by atoms with Gasteiger partial charge in [0.2, 0.25) is 0 Å². The molecule has 0 N–H and O–H groups in total. The van der Waals surface area contributed by atoms with Crippen molar-refractivity contribution in [1.29, 1.82) is 0 Å². The molecular weight excluding hydrogens is 196 g/mol. The minimum atomic E-state index is -0.194. The molecule has 1 fully saturated rings. The summed E-state index contributed by atoms with van der Waals surface area (Å²) in [6.45, 7) is 2.12. The minimum Gasteiger partial charge on any atom is -0.303 e. The average molecular weight is 212 g/mol. The van der Waals surface area contributed by atoms with Crippen LogP contribution in [0.25, 0.3) is 0 Å². The zero-order chi connectivity index (χ0) is 11.2. The van der Waals surface area contributed by atoms with Crippen LogP contribution < -0.4 is 0 Å². The Hall–Kier alpha value is -1.37. The van der Waals surface area contributed by atoms with E-state index >= 15 is 0 Å². The van der Waals surface area contributed by atoms with Gasteiger partial charge in [-0.3, -0.25) is 0 Å². The molecule has 1 heteroatoms. The van der Waals surface area contributed by atoms with Crippen LogP contribution >= 0.6 is 0 Å². The van der Waals surface area contributed by atoms with Crippen molar-refractivity contribution in [2.75, 3.05) is 0 Å². The maximum absolute atomic E-state index is 11.5. The number of hydrogen-bond donors (Lipinski definition) is 0.